The van der Waals surface area contributed by atoms with Crippen LogP contribution in [-0.4, -0.2) is 25.8 Å². The van der Waals surface area contributed by atoms with Crippen molar-refractivity contribution in [3.63, 3.8) is 0 Å². The number of ether oxygens (including phenoxy) is 2. The van der Waals surface area contributed by atoms with Gasteiger partial charge in [-0.15, -0.1) is 0 Å². The number of hydrogen-bond acceptors (Lipinski definition) is 3. The standard InChI is InChI=1S/C10H16O3/c11-7-5-3-1-2-4-6-10-12-8-9-13-10/h4,6-7,10H,1-3,5,8-9H2/b6-4+. The van der Waals surface area contributed by atoms with Gasteiger partial charge in [0.1, 0.15) is 6.29 Å². The van der Waals surface area contributed by atoms with Crippen molar-refractivity contribution in [1.29, 1.82) is 0 Å². The van der Waals surface area contributed by atoms with Crippen LogP contribution in [0, 0.1) is 0 Å². The summed E-state index contributed by atoms with van der Waals surface area (Å²) >= 11 is 0. The van der Waals surface area contributed by atoms with Gasteiger partial charge < -0.3 is 14.3 Å². The van der Waals surface area contributed by atoms with Gasteiger partial charge in [0.15, 0.2) is 6.29 Å². The lowest BCUT2D eigenvalue weighted by atomic mass is 10.2. The Morgan fingerprint density at radius 2 is 1.85 bits per heavy atom. The number of carbonyl (C=O) groups is 1. The molecule has 0 radical (unpaired) electrons. The average molecular weight is 184 g/mol. The smallest absolute Gasteiger partial charge is 0.177 e. The summed E-state index contributed by atoms with van der Waals surface area (Å²) in [6.45, 7) is 1.39. The van der Waals surface area contributed by atoms with E-state index < -0.39 is 0 Å². The van der Waals surface area contributed by atoms with Crippen molar-refractivity contribution in [2.75, 3.05) is 13.2 Å². The third-order valence-corrected chi connectivity index (χ3v) is 1.88. The first-order valence-corrected chi connectivity index (χ1v) is 4.77. The lowest BCUT2D eigenvalue weighted by Crippen LogP contribution is -2.01. The van der Waals surface area contributed by atoms with Crippen LogP contribution in [0.25, 0.3) is 0 Å². The Morgan fingerprint density at radius 1 is 1.15 bits per heavy atom. The molecule has 3 nitrogen and oxygen atoms in total. The van der Waals surface area contributed by atoms with Gasteiger partial charge in [-0.3, -0.25) is 0 Å². The van der Waals surface area contributed by atoms with E-state index in [0.717, 1.165) is 25.5 Å². The molecule has 0 atom stereocenters. The summed E-state index contributed by atoms with van der Waals surface area (Å²) in [5.41, 5.74) is 0. The van der Waals surface area contributed by atoms with E-state index in [1.807, 2.05) is 6.08 Å². The molecular weight excluding hydrogens is 168 g/mol. The summed E-state index contributed by atoms with van der Waals surface area (Å²) in [4.78, 5) is 9.99. The van der Waals surface area contributed by atoms with Crippen LogP contribution in [-0.2, 0) is 14.3 Å². The van der Waals surface area contributed by atoms with Crippen LogP contribution in [0.4, 0.5) is 0 Å². The van der Waals surface area contributed by atoms with Crippen molar-refractivity contribution < 1.29 is 14.3 Å². The number of rotatable bonds is 6. The normalized spacial score (nSPS) is 18.5. The summed E-state index contributed by atoms with van der Waals surface area (Å²) in [5, 5.41) is 0. The average Bonchev–Trinajstić information content (AvgIpc) is 2.63. The number of unbranched alkanes of at least 4 members (excludes halogenated alkanes) is 3. The maximum absolute atomic E-state index is 9.99. The van der Waals surface area contributed by atoms with Crippen LogP contribution < -0.4 is 0 Å². The Balaban J connectivity index is 1.94. The van der Waals surface area contributed by atoms with Gasteiger partial charge in [0.05, 0.1) is 13.2 Å². The third kappa shape index (κ3) is 4.80. The van der Waals surface area contributed by atoms with Crippen LogP contribution in [0.15, 0.2) is 12.2 Å². The number of aldehydes is 1. The quantitative estimate of drug-likeness (QED) is 0.358. The lowest BCUT2D eigenvalue weighted by molar-refractivity contribution is -0.107. The predicted molar refractivity (Wildman–Crippen MR) is 49.4 cm³/mol. The van der Waals surface area contributed by atoms with Gasteiger partial charge in [-0.2, -0.15) is 0 Å². The first-order chi connectivity index (χ1) is 6.43. The molecule has 1 rings (SSSR count). The molecule has 13 heavy (non-hydrogen) atoms. The second kappa shape index (κ2) is 6.80. The molecule has 0 N–H and O–H groups in total. The first kappa shape index (κ1) is 10.4. The summed E-state index contributed by atoms with van der Waals surface area (Å²) in [5.74, 6) is 0. The molecule has 0 amide bonds. The molecule has 0 spiro atoms. The fourth-order valence-corrected chi connectivity index (χ4v) is 1.18. The van der Waals surface area contributed by atoms with Gasteiger partial charge in [-0.25, -0.2) is 0 Å². The molecule has 1 aliphatic heterocycles. The van der Waals surface area contributed by atoms with E-state index in [1.165, 1.54) is 0 Å². The third-order valence-electron chi connectivity index (χ3n) is 1.88. The maximum atomic E-state index is 9.99. The molecule has 0 bridgehead atoms. The minimum Gasteiger partial charge on any atom is -0.347 e. The second-order valence-corrected chi connectivity index (χ2v) is 2.99. The molecule has 1 aliphatic rings. The summed E-state index contributed by atoms with van der Waals surface area (Å²) in [6.07, 6.45) is 8.52. The summed E-state index contributed by atoms with van der Waals surface area (Å²) < 4.78 is 10.4. The fraction of sp³-hybridized carbons (Fsp3) is 0.700. The van der Waals surface area contributed by atoms with Crippen molar-refractivity contribution in [2.24, 2.45) is 0 Å². The zero-order valence-corrected chi connectivity index (χ0v) is 7.78. The molecule has 74 valence electrons. The number of carbonyl (C=O) groups excluding carboxylic acids is 1. The predicted octanol–water partition coefficient (Wildman–Crippen LogP) is 1.67. The minimum absolute atomic E-state index is 0.133. The summed E-state index contributed by atoms with van der Waals surface area (Å²) in [6, 6.07) is 0. The van der Waals surface area contributed by atoms with Gasteiger partial charge in [0.25, 0.3) is 0 Å². The minimum atomic E-state index is -0.133. The van der Waals surface area contributed by atoms with Crippen molar-refractivity contribution in [3.8, 4) is 0 Å². The molecule has 0 aliphatic carbocycles. The summed E-state index contributed by atoms with van der Waals surface area (Å²) in [7, 11) is 0. The number of hydrogen-bond donors (Lipinski definition) is 0. The molecule has 1 saturated heterocycles. The van der Waals surface area contributed by atoms with Gasteiger partial charge >= 0.3 is 0 Å². The Hall–Kier alpha value is -0.670. The Bertz CT molecular complexity index is 160. The molecular formula is C10H16O3. The monoisotopic (exact) mass is 184 g/mol. The van der Waals surface area contributed by atoms with E-state index in [4.69, 9.17) is 9.47 Å². The molecule has 1 fully saturated rings. The van der Waals surface area contributed by atoms with Crippen LogP contribution in [0.5, 0.6) is 0 Å². The van der Waals surface area contributed by atoms with Gasteiger partial charge in [0, 0.05) is 6.42 Å². The van der Waals surface area contributed by atoms with Crippen molar-refractivity contribution in [1.82, 2.24) is 0 Å². The van der Waals surface area contributed by atoms with E-state index in [2.05, 4.69) is 6.08 Å². The highest BCUT2D eigenvalue weighted by molar-refractivity contribution is 5.48. The van der Waals surface area contributed by atoms with E-state index in [-0.39, 0.29) is 6.29 Å². The first-order valence-electron chi connectivity index (χ1n) is 4.77. The Kier molecular flexibility index (Phi) is 5.45. The van der Waals surface area contributed by atoms with Gasteiger partial charge in [-0.05, 0) is 25.3 Å². The molecule has 0 aromatic heterocycles. The topological polar surface area (TPSA) is 35.5 Å². The molecule has 1 heterocycles. The van der Waals surface area contributed by atoms with E-state index in [0.29, 0.717) is 19.6 Å². The SMILES string of the molecule is O=CCCCC/C=C/C1OCCO1. The molecule has 0 saturated carbocycles. The van der Waals surface area contributed by atoms with E-state index in [9.17, 15) is 4.79 Å². The zero-order chi connectivity index (χ0) is 9.36. The second-order valence-electron chi connectivity index (χ2n) is 2.99. The van der Waals surface area contributed by atoms with Crippen molar-refractivity contribution in [3.05, 3.63) is 12.2 Å². The molecule has 0 aromatic carbocycles. The largest absolute Gasteiger partial charge is 0.347 e. The highest BCUT2D eigenvalue weighted by Gasteiger charge is 2.10. The van der Waals surface area contributed by atoms with Crippen LogP contribution >= 0.6 is 0 Å². The van der Waals surface area contributed by atoms with Gasteiger partial charge in [0.2, 0.25) is 0 Å². The zero-order valence-electron chi connectivity index (χ0n) is 7.78. The molecule has 3 heteroatoms. The highest BCUT2D eigenvalue weighted by Crippen LogP contribution is 2.06. The maximum Gasteiger partial charge on any atom is 0.177 e. The van der Waals surface area contributed by atoms with Gasteiger partial charge in [-0.1, -0.05) is 6.08 Å². The highest BCUT2D eigenvalue weighted by atomic mass is 16.7. The van der Waals surface area contributed by atoms with Crippen LogP contribution in [0.2, 0.25) is 0 Å². The fourth-order valence-electron chi connectivity index (χ4n) is 1.18. The van der Waals surface area contributed by atoms with Crippen molar-refractivity contribution in [2.45, 2.75) is 32.0 Å². The van der Waals surface area contributed by atoms with Crippen molar-refractivity contribution >= 4 is 6.29 Å². The Morgan fingerprint density at radius 3 is 2.54 bits per heavy atom. The van der Waals surface area contributed by atoms with Crippen LogP contribution in [0.3, 0.4) is 0 Å². The lowest BCUT2D eigenvalue weighted by Gasteiger charge is -2.00. The number of allylic oxidation sites excluding steroid dienone is 1. The Labute approximate surface area is 78.7 Å². The van der Waals surface area contributed by atoms with E-state index in [1.54, 1.807) is 0 Å². The molecule has 0 unspecified atom stereocenters. The molecule has 0 aromatic rings. The van der Waals surface area contributed by atoms with E-state index >= 15 is 0 Å². The van der Waals surface area contributed by atoms with Crippen LogP contribution in [0.1, 0.15) is 25.7 Å².